The first-order valence-corrected chi connectivity index (χ1v) is 13.3. The van der Waals surface area contributed by atoms with Crippen molar-refractivity contribution in [3.8, 4) is 17.2 Å². The van der Waals surface area contributed by atoms with Crippen LogP contribution in [0.2, 0.25) is 0 Å². The molecule has 0 bridgehead atoms. The van der Waals surface area contributed by atoms with E-state index in [9.17, 15) is 9.59 Å². The number of benzene rings is 3. The van der Waals surface area contributed by atoms with Crippen LogP contribution >= 0.6 is 27.7 Å². The molecule has 1 heterocycles. The number of hydrogen-bond donors (Lipinski definition) is 1. The maximum atomic E-state index is 13.1. The number of para-hydroxylation sites is 1. The molecule has 8 nitrogen and oxygen atoms in total. The van der Waals surface area contributed by atoms with Crippen molar-refractivity contribution in [1.29, 1.82) is 0 Å². The Bertz CT molecular complexity index is 1380. The van der Waals surface area contributed by atoms with Crippen molar-refractivity contribution in [3.63, 3.8) is 0 Å². The largest absolute Gasteiger partial charge is 0.497 e. The van der Waals surface area contributed by atoms with E-state index in [2.05, 4.69) is 26.2 Å². The number of hydrogen-bond acceptors (Lipinski definition) is 7. The molecule has 0 atom stereocenters. The number of amidine groups is 1. The van der Waals surface area contributed by atoms with E-state index in [1.165, 1.54) is 18.9 Å². The average Bonchev–Trinajstić information content (AvgIpc) is 3.22. The summed E-state index contributed by atoms with van der Waals surface area (Å²) in [5.41, 5.74) is 2.13. The van der Waals surface area contributed by atoms with Gasteiger partial charge in [0.1, 0.15) is 5.75 Å². The van der Waals surface area contributed by atoms with Crippen LogP contribution in [-0.4, -0.2) is 49.3 Å². The molecule has 1 N–H and O–H groups in total. The molecule has 38 heavy (non-hydrogen) atoms. The standard InChI is InChI=1S/C28H26BrN3O5S/c1-4-32-27(34)25(38-28(32)31-20-10-12-21(35-2)13-11-20)15-18-14-23(36-3)24(16-22(18)29)37-17-26(33)30-19-8-6-5-7-9-19/h5-16H,4,17H2,1-3H3,(H,30,33)/b25-15+,31-28?. The zero-order valence-electron chi connectivity index (χ0n) is 21.1. The van der Waals surface area contributed by atoms with Gasteiger partial charge in [0.15, 0.2) is 23.3 Å². The molecule has 4 rings (SSSR count). The van der Waals surface area contributed by atoms with Gasteiger partial charge in [0, 0.05) is 16.7 Å². The molecule has 1 fully saturated rings. The lowest BCUT2D eigenvalue weighted by Crippen LogP contribution is -2.28. The number of amides is 2. The summed E-state index contributed by atoms with van der Waals surface area (Å²) >= 11 is 4.86. The lowest BCUT2D eigenvalue weighted by molar-refractivity contribution is -0.122. The number of nitrogens with zero attached hydrogens (tertiary/aromatic N) is 2. The van der Waals surface area contributed by atoms with Gasteiger partial charge in [-0.2, -0.15) is 0 Å². The third-order valence-corrected chi connectivity index (χ3v) is 7.18. The Morgan fingerprint density at radius 3 is 2.45 bits per heavy atom. The van der Waals surface area contributed by atoms with Crippen molar-refractivity contribution in [2.24, 2.45) is 4.99 Å². The van der Waals surface area contributed by atoms with Crippen molar-refractivity contribution >= 4 is 62.1 Å². The first-order valence-electron chi connectivity index (χ1n) is 11.7. The van der Waals surface area contributed by atoms with Gasteiger partial charge in [0.2, 0.25) is 0 Å². The molecule has 2 amide bonds. The topological polar surface area (TPSA) is 89.5 Å². The zero-order valence-corrected chi connectivity index (χ0v) is 23.5. The number of rotatable bonds is 9. The number of halogens is 1. The molecule has 0 spiro atoms. The SMILES string of the molecule is CCN1C(=O)/C(=C\c2cc(OC)c(OCC(=O)Nc3ccccc3)cc2Br)SC1=Nc1ccc(OC)cc1. The first kappa shape index (κ1) is 27.3. The summed E-state index contributed by atoms with van der Waals surface area (Å²) in [6.07, 6.45) is 1.78. The number of carbonyl (C=O) groups is 2. The van der Waals surface area contributed by atoms with Crippen molar-refractivity contribution in [2.45, 2.75) is 6.92 Å². The summed E-state index contributed by atoms with van der Waals surface area (Å²) in [4.78, 5) is 32.2. The van der Waals surface area contributed by atoms with Gasteiger partial charge >= 0.3 is 0 Å². The fourth-order valence-electron chi connectivity index (χ4n) is 3.57. The van der Waals surface area contributed by atoms with Gasteiger partial charge in [-0.15, -0.1) is 0 Å². The number of anilines is 1. The second-order valence-corrected chi connectivity index (χ2v) is 9.84. The number of likely N-dealkylation sites (N-methyl/N-ethyl adjacent to an activating group) is 1. The molecule has 0 radical (unpaired) electrons. The fourth-order valence-corrected chi connectivity index (χ4v) is 5.06. The van der Waals surface area contributed by atoms with E-state index in [0.717, 1.165) is 17.0 Å². The van der Waals surface area contributed by atoms with E-state index in [-0.39, 0.29) is 18.4 Å². The van der Waals surface area contributed by atoms with E-state index in [4.69, 9.17) is 14.2 Å². The van der Waals surface area contributed by atoms with Crippen LogP contribution in [0.15, 0.2) is 81.1 Å². The number of methoxy groups -OCH3 is 2. The Labute approximate surface area is 233 Å². The van der Waals surface area contributed by atoms with E-state index in [0.29, 0.717) is 38.3 Å². The third-order valence-electron chi connectivity index (χ3n) is 5.49. The van der Waals surface area contributed by atoms with Gasteiger partial charge < -0.3 is 19.5 Å². The molecule has 1 aliphatic heterocycles. The Morgan fingerprint density at radius 2 is 1.79 bits per heavy atom. The van der Waals surface area contributed by atoms with Crippen molar-refractivity contribution in [1.82, 2.24) is 4.90 Å². The van der Waals surface area contributed by atoms with Crippen molar-refractivity contribution in [2.75, 3.05) is 32.7 Å². The molecule has 1 aliphatic rings. The van der Waals surface area contributed by atoms with Crippen LogP contribution in [0, 0.1) is 0 Å². The van der Waals surface area contributed by atoms with Crippen LogP contribution in [-0.2, 0) is 9.59 Å². The molecule has 3 aromatic carbocycles. The highest BCUT2D eigenvalue weighted by atomic mass is 79.9. The van der Waals surface area contributed by atoms with Gasteiger partial charge in [-0.05, 0) is 78.9 Å². The third kappa shape index (κ3) is 6.56. The molecule has 1 saturated heterocycles. The average molecular weight is 597 g/mol. The summed E-state index contributed by atoms with van der Waals surface area (Å²) in [5.74, 6) is 1.14. The van der Waals surface area contributed by atoms with Gasteiger partial charge in [-0.25, -0.2) is 4.99 Å². The number of carbonyl (C=O) groups excluding carboxylic acids is 2. The van der Waals surface area contributed by atoms with Gasteiger partial charge in [-0.1, -0.05) is 34.1 Å². The molecular weight excluding hydrogens is 570 g/mol. The maximum Gasteiger partial charge on any atom is 0.266 e. The predicted octanol–water partition coefficient (Wildman–Crippen LogP) is 6.11. The Balaban J connectivity index is 1.52. The van der Waals surface area contributed by atoms with Crippen molar-refractivity contribution < 1.29 is 23.8 Å². The molecule has 0 saturated carbocycles. The maximum absolute atomic E-state index is 13.1. The molecule has 0 aromatic heterocycles. The van der Waals surface area contributed by atoms with Gasteiger partial charge in [0.25, 0.3) is 11.8 Å². The predicted molar refractivity (Wildman–Crippen MR) is 154 cm³/mol. The second kappa shape index (κ2) is 12.7. The molecule has 0 aliphatic carbocycles. The van der Waals surface area contributed by atoms with Gasteiger partial charge in [-0.3, -0.25) is 14.5 Å². The molecule has 196 valence electrons. The Hall–Kier alpha value is -3.76. The smallest absolute Gasteiger partial charge is 0.266 e. The summed E-state index contributed by atoms with van der Waals surface area (Å²) in [6, 6.07) is 19.9. The highest BCUT2D eigenvalue weighted by molar-refractivity contribution is 9.10. The Kier molecular flexibility index (Phi) is 9.09. The molecular formula is C28H26BrN3O5S. The van der Waals surface area contributed by atoms with Crippen LogP contribution in [0.5, 0.6) is 17.2 Å². The van der Waals surface area contributed by atoms with E-state index in [1.807, 2.05) is 49.4 Å². The monoisotopic (exact) mass is 595 g/mol. The molecule has 10 heteroatoms. The lowest BCUT2D eigenvalue weighted by Gasteiger charge is -2.13. The lowest BCUT2D eigenvalue weighted by atomic mass is 10.2. The number of aliphatic imine (C=N–C) groups is 1. The highest BCUT2D eigenvalue weighted by Gasteiger charge is 2.32. The highest BCUT2D eigenvalue weighted by Crippen LogP contribution is 2.38. The van der Waals surface area contributed by atoms with Crippen LogP contribution in [0.1, 0.15) is 12.5 Å². The second-order valence-electron chi connectivity index (χ2n) is 7.98. The molecule has 3 aromatic rings. The minimum absolute atomic E-state index is 0.131. The zero-order chi connectivity index (χ0) is 27.1. The number of ether oxygens (including phenoxy) is 3. The quantitative estimate of drug-likeness (QED) is 0.300. The first-order chi connectivity index (χ1) is 18.4. The van der Waals surface area contributed by atoms with Crippen LogP contribution in [0.3, 0.4) is 0 Å². The van der Waals surface area contributed by atoms with Crippen LogP contribution in [0.25, 0.3) is 6.08 Å². The molecule has 0 unspecified atom stereocenters. The summed E-state index contributed by atoms with van der Waals surface area (Å²) in [5, 5.41) is 3.38. The summed E-state index contributed by atoms with van der Waals surface area (Å²) in [7, 11) is 3.13. The normalized spacial score (nSPS) is 15.2. The van der Waals surface area contributed by atoms with E-state index < -0.39 is 0 Å². The summed E-state index contributed by atoms with van der Waals surface area (Å²) in [6.45, 7) is 2.20. The van der Waals surface area contributed by atoms with Crippen molar-refractivity contribution in [3.05, 3.63) is 81.7 Å². The van der Waals surface area contributed by atoms with Gasteiger partial charge in [0.05, 0.1) is 24.8 Å². The fraction of sp³-hybridized carbons (Fsp3) is 0.179. The van der Waals surface area contributed by atoms with Crippen LogP contribution < -0.4 is 19.5 Å². The Morgan fingerprint density at radius 1 is 1.05 bits per heavy atom. The minimum atomic E-state index is -0.295. The minimum Gasteiger partial charge on any atom is -0.497 e. The number of nitrogens with one attached hydrogen (secondary N) is 1. The van der Waals surface area contributed by atoms with Crippen LogP contribution in [0.4, 0.5) is 11.4 Å². The van der Waals surface area contributed by atoms with E-state index in [1.54, 1.807) is 42.4 Å². The van der Waals surface area contributed by atoms with E-state index >= 15 is 0 Å². The summed E-state index contributed by atoms with van der Waals surface area (Å²) < 4.78 is 17.1. The number of thioether (sulfide) groups is 1.